The van der Waals surface area contributed by atoms with E-state index in [0.717, 1.165) is 0 Å². The zero-order valence-electron chi connectivity index (χ0n) is 10.4. The van der Waals surface area contributed by atoms with E-state index in [2.05, 4.69) is 0 Å². The van der Waals surface area contributed by atoms with Crippen molar-refractivity contribution in [2.45, 2.75) is 25.0 Å². The van der Waals surface area contributed by atoms with Crippen LogP contribution in [0.1, 0.15) is 23.8 Å². The van der Waals surface area contributed by atoms with Crippen LogP contribution in [0.15, 0.2) is 12.3 Å². The largest absolute Gasteiger partial charge is 0.388 e. The van der Waals surface area contributed by atoms with E-state index in [-0.39, 0.29) is 12.5 Å². The van der Waals surface area contributed by atoms with Gasteiger partial charge >= 0.3 is 0 Å². The number of aromatic nitrogens is 1. The Kier molecular flexibility index (Phi) is 3.40. The van der Waals surface area contributed by atoms with E-state index >= 15 is 0 Å². The number of likely N-dealkylation sites (tertiary alicyclic amines) is 1. The van der Waals surface area contributed by atoms with Crippen LogP contribution in [0.3, 0.4) is 0 Å². The smallest absolute Gasteiger partial charge is 0.270 e. The van der Waals surface area contributed by atoms with Gasteiger partial charge in [0.05, 0.1) is 16.7 Å². The second kappa shape index (κ2) is 4.57. The molecule has 0 aromatic carbocycles. The van der Waals surface area contributed by atoms with E-state index in [1.54, 1.807) is 30.8 Å². The molecule has 1 aliphatic heterocycles. The van der Waals surface area contributed by atoms with Crippen LogP contribution in [0.5, 0.6) is 0 Å². The van der Waals surface area contributed by atoms with Gasteiger partial charge in [-0.25, -0.2) is 0 Å². The first-order valence-corrected chi connectivity index (χ1v) is 6.20. The fourth-order valence-corrected chi connectivity index (χ4v) is 2.36. The van der Waals surface area contributed by atoms with Crippen molar-refractivity contribution in [1.82, 2.24) is 9.47 Å². The average molecular weight is 273 g/mol. The number of rotatable bonds is 1. The number of carbonyl (C=O) groups excluding carboxylic acids is 1. The summed E-state index contributed by atoms with van der Waals surface area (Å²) in [4.78, 5) is 13.8. The molecular formula is C12H17ClN2O3. The molecule has 1 saturated heterocycles. The molecule has 0 aliphatic carbocycles. The molecule has 6 heteroatoms. The number of aryl methyl sites for hydroxylation is 1. The van der Waals surface area contributed by atoms with Gasteiger partial charge in [0, 0.05) is 26.3 Å². The average Bonchev–Trinajstić information content (AvgIpc) is 2.61. The van der Waals surface area contributed by atoms with Crippen molar-refractivity contribution in [3.8, 4) is 0 Å². The molecular weight excluding hydrogens is 256 g/mol. The molecule has 0 radical (unpaired) electrons. The van der Waals surface area contributed by atoms with Gasteiger partial charge < -0.3 is 19.7 Å². The van der Waals surface area contributed by atoms with Crippen LogP contribution in [-0.4, -0.2) is 50.4 Å². The Bertz CT molecular complexity index is 470. The van der Waals surface area contributed by atoms with Gasteiger partial charge in [-0.2, -0.15) is 0 Å². The topological polar surface area (TPSA) is 65.7 Å². The summed E-state index contributed by atoms with van der Waals surface area (Å²) in [6.07, 6.45) is 1.09. The molecule has 1 aliphatic rings. The highest BCUT2D eigenvalue weighted by molar-refractivity contribution is 6.31. The lowest BCUT2D eigenvalue weighted by Crippen LogP contribution is -2.55. The summed E-state index contributed by atoms with van der Waals surface area (Å²) >= 11 is 5.84. The number of β-amino-alcohol motifs (C(OH)–C–C–N with tert-alkyl or cyclic N) is 1. The number of halogens is 1. The second-order valence-corrected chi connectivity index (χ2v) is 5.47. The minimum Gasteiger partial charge on any atom is -0.388 e. The van der Waals surface area contributed by atoms with E-state index in [9.17, 15) is 15.0 Å². The van der Waals surface area contributed by atoms with E-state index in [4.69, 9.17) is 11.6 Å². The van der Waals surface area contributed by atoms with Crippen molar-refractivity contribution in [3.05, 3.63) is 23.0 Å². The maximum absolute atomic E-state index is 12.2. The molecule has 2 rings (SSSR count). The van der Waals surface area contributed by atoms with Crippen molar-refractivity contribution in [3.63, 3.8) is 0 Å². The van der Waals surface area contributed by atoms with Gasteiger partial charge in [-0.1, -0.05) is 11.6 Å². The highest BCUT2D eigenvalue weighted by Gasteiger charge is 2.38. The Morgan fingerprint density at radius 1 is 1.61 bits per heavy atom. The van der Waals surface area contributed by atoms with Crippen LogP contribution >= 0.6 is 11.6 Å². The van der Waals surface area contributed by atoms with Crippen molar-refractivity contribution < 1.29 is 15.0 Å². The highest BCUT2D eigenvalue weighted by Crippen LogP contribution is 2.24. The monoisotopic (exact) mass is 272 g/mol. The molecule has 2 atom stereocenters. The molecule has 1 aromatic heterocycles. The fourth-order valence-electron chi connectivity index (χ4n) is 2.11. The Morgan fingerprint density at radius 3 is 2.78 bits per heavy atom. The molecule has 1 aromatic rings. The number of aliphatic hydroxyl groups excluding tert-OH is 1. The molecule has 1 fully saturated rings. The third kappa shape index (κ3) is 2.39. The molecule has 2 heterocycles. The van der Waals surface area contributed by atoms with Crippen molar-refractivity contribution >= 4 is 17.5 Å². The van der Waals surface area contributed by atoms with E-state index in [1.807, 2.05) is 0 Å². The predicted molar refractivity (Wildman–Crippen MR) is 67.6 cm³/mol. The molecule has 2 N–H and O–H groups in total. The van der Waals surface area contributed by atoms with E-state index in [0.29, 0.717) is 23.7 Å². The SMILES string of the molecule is Cn1cc(Cl)cc1C(=O)N1CC[C@@](C)(O)[C@@H](O)C1. The number of aliphatic hydroxyl groups is 2. The Balaban J connectivity index is 2.14. The van der Waals surface area contributed by atoms with Crippen LogP contribution in [-0.2, 0) is 7.05 Å². The molecule has 0 bridgehead atoms. The summed E-state index contributed by atoms with van der Waals surface area (Å²) in [5.41, 5.74) is -0.642. The van der Waals surface area contributed by atoms with Gasteiger partial charge in [0.1, 0.15) is 5.69 Å². The van der Waals surface area contributed by atoms with Gasteiger partial charge in [-0.15, -0.1) is 0 Å². The quantitative estimate of drug-likeness (QED) is 0.788. The standard InChI is InChI=1S/C12H17ClN2O3/c1-12(18)3-4-15(7-10(12)16)11(17)9-5-8(13)6-14(9)2/h5-6,10,16,18H,3-4,7H2,1-2H3/t10-,12+/m0/s1. The van der Waals surface area contributed by atoms with Gasteiger partial charge in [-0.05, 0) is 19.4 Å². The van der Waals surface area contributed by atoms with Gasteiger partial charge in [-0.3, -0.25) is 4.79 Å². The van der Waals surface area contributed by atoms with Crippen molar-refractivity contribution in [1.29, 1.82) is 0 Å². The second-order valence-electron chi connectivity index (χ2n) is 5.03. The van der Waals surface area contributed by atoms with Gasteiger partial charge in [0.25, 0.3) is 5.91 Å². The molecule has 0 saturated carbocycles. The first-order chi connectivity index (χ1) is 8.31. The summed E-state index contributed by atoms with van der Waals surface area (Å²) in [6, 6.07) is 1.60. The third-order valence-corrected chi connectivity index (χ3v) is 3.68. The molecule has 100 valence electrons. The molecule has 0 spiro atoms. The maximum Gasteiger partial charge on any atom is 0.270 e. The lowest BCUT2D eigenvalue weighted by atomic mass is 9.90. The number of hydrogen-bond donors (Lipinski definition) is 2. The van der Waals surface area contributed by atoms with E-state index in [1.165, 1.54) is 4.90 Å². The van der Waals surface area contributed by atoms with Crippen LogP contribution in [0.4, 0.5) is 0 Å². The minimum absolute atomic E-state index is 0.134. The summed E-state index contributed by atoms with van der Waals surface area (Å²) in [5.74, 6) is -0.182. The zero-order valence-corrected chi connectivity index (χ0v) is 11.2. The summed E-state index contributed by atoms with van der Waals surface area (Å²) in [7, 11) is 1.75. The number of nitrogens with zero attached hydrogens (tertiary/aromatic N) is 2. The van der Waals surface area contributed by atoms with E-state index < -0.39 is 11.7 Å². The van der Waals surface area contributed by atoms with Crippen LogP contribution < -0.4 is 0 Å². The lowest BCUT2D eigenvalue weighted by molar-refractivity contribution is -0.1000. The predicted octanol–water partition coefficient (Wildman–Crippen LogP) is 0.636. The Hall–Kier alpha value is -1.04. The number of amides is 1. The number of hydrogen-bond acceptors (Lipinski definition) is 3. The van der Waals surface area contributed by atoms with Crippen molar-refractivity contribution in [2.24, 2.45) is 7.05 Å². The maximum atomic E-state index is 12.2. The van der Waals surface area contributed by atoms with Gasteiger partial charge in [0.15, 0.2) is 0 Å². The van der Waals surface area contributed by atoms with Crippen molar-refractivity contribution in [2.75, 3.05) is 13.1 Å². The fraction of sp³-hybridized carbons (Fsp3) is 0.583. The van der Waals surface area contributed by atoms with Crippen LogP contribution in [0, 0.1) is 0 Å². The minimum atomic E-state index is -1.12. The number of carbonyl (C=O) groups is 1. The molecule has 5 nitrogen and oxygen atoms in total. The summed E-state index contributed by atoms with van der Waals surface area (Å²) in [6.45, 7) is 2.14. The molecule has 0 unspecified atom stereocenters. The Morgan fingerprint density at radius 2 is 2.28 bits per heavy atom. The first kappa shape index (κ1) is 13.4. The summed E-state index contributed by atoms with van der Waals surface area (Å²) in [5, 5.41) is 20.2. The lowest BCUT2D eigenvalue weighted by Gasteiger charge is -2.39. The Labute approximate surface area is 111 Å². The molecule has 18 heavy (non-hydrogen) atoms. The van der Waals surface area contributed by atoms with Gasteiger partial charge in [0.2, 0.25) is 0 Å². The third-order valence-electron chi connectivity index (χ3n) is 3.48. The highest BCUT2D eigenvalue weighted by atomic mass is 35.5. The van der Waals surface area contributed by atoms with Crippen LogP contribution in [0.25, 0.3) is 0 Å². The number of piperidine rings is 1. The zero-order chi connectivity index (χ0) is 13.5. The van der Waals surface area contributed by atoms with Crippen LogP contribution in [0.2, 0.25) is 5.02 Å². The first-order valence-electron chi connectivity index (χ1n) is 5.83. The molecule has 1 amide bonds. The summed E-state index contributed by atoms with van der Waals surface area (Å²) < 4.78 is 1.66. The normalized spacial score (nSPS) is 28.5.